The second-order valence-electron chi connectivity index (χ2n) is 6.55. The Morgan fingerprint density at radius 2 is 1.86 bits per heavy atom. The molecule has 2 aliphatic heterocycles. The Bertz CT molecular complexity index is 917. The minimum atomic E-state index is -0.851. The summed E-state index contributed by atoms with van der Waals surface area (Å²) in [5.41, 5.74) is 0.457. The number of carbonyl (C=O) groups excluding carboxylic acids is 2. The number of benzene rings is 2. The molecule has 0 saturated carbocycles. The van der Waals surface area contributed by atoms with E-state index in [0.29, 0.717) is 42.2 Å². The molecule has 0 aromatic heterocycles. The Labute approximate surface area is 169 Å². The zero-order valence-electron chi connectivity index (χ0n) is 14.9. The van der Waals surface area contributed by atoms with Crippen LogP contribution in [0.4, 0.5) is 10.1 Å². The van der Waals surface area contributed by atoms with E-state index in [0.717, 1.165) is 0 Å². The third-order valence-electron chi connectivity index (χ3n) is 4.78. The van der Waals surface area contributed by atoms with E-state index in [2.05, 4.69) is 15.9 Å². The molecule has 4 rings (SSSR count). The van der Waals surface area contributed by atoms with Gasteiger partial charge >= 0.3 is 0 Å². The van der Waals surface area contributed by atoms with Gasteiger partial charge in [0.15, 0.2) is 6.10 Å². The molecule has 1 unspecified atom stereocenters. The van der Waals surface area contributed by atoms with Crippen molar-refractivity contribution in [3.63, 3.8) is 0 Å². The Morgan fingerprint density at radius 1 is 1.11 bits per heavy atom. The van der Waals surface area contributed by atoms with Gasteiger partial charge in [-0.05, 0) is 30.3 Å². The van der Waals surface area contributed by atoms with Crippen LogP contribution in [0.25, 0.3) is 0 Å². The number of hydrogen-bond donors (Lipinski definition) is 0. The number of halogens is 2. The van der Waals surface area contributed by atoms with Crippen LogP contribution in [0, 0.1) is 5.82 Å². The summed E-state index contributed by atoms with van der Waals surface area (Å²) >= 11 is 3.19. The maximum absolute atomic E-state index is 14.4. The standard InChI is InChI=1S/C20H18BrFN2O4/c21-13-5-6-14(15(22)11-13)19(25)24-12-18(20(26)23-7-9-27-10-8-23)28-17-4-2-1-3-16(17)24/h1-6,11,18H,7-10,12H2. The van der Waals surface area contributed by atoms with Crippen LogP contribution in [0.5, 0.6) is 5.75 Å². The number of anilines is 1. The summed E-state index contributed by atoms with van der Waals surface area (Å²) in [4.78, 5) is 29.1. The van der Waals surface area contributed by atoms with Crippen LogP contribution in [0.3, 0.4) is 0 Å². The molecule has 0 radical (unpaired) electrons. The minimum absolute atomic E-state index is 0.0154. The Balaban J connectivity index is 1.65. The summed E-state index contributed by atoms with van der Waals surface area (Å²) in [5, 5.41) is 0. The number of carbonyl (C=O) groups is 2. The predicted molar refractivity (Wildman–Crippen MR) is 104 cm³/mol. The molecule has 2 amide bonds. The summed E-state index contributed by atoms with van der Waals surface area (Å²) in [5.74, 6) is -0.918. The van der Waals surface area contributed by atoms with Gasteiger partial charge in [-0.1, -0.05) is 28.1 Å². The second-order valence-corrected chi connectivity index (χ2v) is 7.47. The van der Waals surface area contributed by atoms with Crippen molar-refractivity contribution in [2.45, 2.75) is 6.10 Å². The third-order valence-corrected chi connectivity index (χ3v) is 5.27. The highest BCUT2D eigenvalue weighted by molar-refractivity contribution is 9.10. The van der Waals surface area contributed by atoms with Crippen molar-refractivity contribution >= 4 is 33.4 Å². The van der Waals surface area contributed by atoms with Gasteiger partial charge in [-0.2, -0.15) is 0 Å². The van der Waals surface area contributed by atoms with Crippen molar-refractivity contribution in [2.75, 3.05) is 37.7 Å². The van der Waals surface area contributed by atoms with Crippen LogP contribution in [0.2, 0.25) is 0 Å². The fraction of sp³-hybridized carbons (Fsp3) is 0.300. The number of amides is 2. The molecule has 1 saturated heterocycles. The number of ether oxygens (including phenoxy) is 2. The zero-order valence-corrected chi connectivity index (χ0v) is 16.5. The number of rotatable bonds is 2. The summed E-state index contributed by atoms with van der Waals surface area (Å²) < 4.78 is 26.1. The van der Waals surface area contributed by atoms with Crippen LogP contribution in [-0.2, 0) is 9.53 Å². The van der Waals surface area contributed by atoms with E-state index in [4.69, 9.17) is 9.47 Å². The molecule has 0 N–H and O–H groups in total. The number of para-hydroxylation sites is 2. The fourth-order valence-corrected chi connectivity index (χ4v) is 3.68. The van der Waals surface area contributed by atoms with E-state index >= 15 is 0 Å². The van der Waals surface area contributed by atoms with Gasteiger partial charge < -0.3 is 19.3 Å². The average Bonchev–Trinajstić information content (AvgIpc) is 2.72. The molecule has 2 aromatic carbocycles. The first kappa shape index (κ1) is 18.9. The quantitative estimate of drug-likeness (QED) is 0.708. The first-order chi connectivity index (χ1) is 13.5. The van der Waals surface area contributed by atoms with Gasteiger partial charge in [-0.25, -0.2) is 4.39 Å². The van der Waals surface area contributed by atoms with E-state index in [1.54, 1.807) is 35.2 Å². The number of morpholine rings is 1. The highest BCUT2D eigenvalue weighted by Crippen LogP contribution is 2.35. The first-order valence-corrected chi connectivity index (χ1v) is 9.73. The Hall–Kier alpha value is -2.45. The lowest BCUT2D eigenvalue weighted by Crippen LogP contribution is -2.54. The summed E-state index contributed by atoms with van der Waals surface area (Å²) in [6.45, 7) is 1.93. The van der Waals surface area contributed by atoms with E-state index in [-0.39, 0.29) is 18.0 Å². The highest BCUT2D eigenvalue weighted by Gasteiger charge is 2.37. The largest absolute Gasteiger partial charge is 0.476 e. The highest BCUT2D eigenvalue weighted by atomic mass is 79.9. The smallest absolute Gasteiger partial charge is 0.265 e. The molecule has 28 heavy (non-hydrogen) atoms. The lowest BCUT2D eigenvalue weighted by molar-refractivity contribution is -0.142. The molecule has 0 bridgehead atoms. The normalized spacial score (nSPS) is 19.0. The van der Waals surface area contributed by atoms with Crippen LogP contribution >= 0.6 is 15.9 Å². The van der Waals surface area contributed by atoms with Gasteiger partial charge in [-0.3, -0.25) is 9.59 Å². The molecule has 2 aromatic rings. The van der Waals surface area contributed by atoms with Crippen LogP contribution < -0.4 is 9.64 Å². The zero-order chi connectivity index (χ0) is 19.7. The lowest BCUT2D eigenvalue weighted by atomic mass is 10.1. The SMILES string of the molecule is O=C(C1CN(C(=O)c2ccc(Br)cc2F)c2ccccc2O1)N1CCOCC1. The summed E-state index contributed by atoms with van der Waals surface area (Å²) in [7, 11) is 0. The predicted octanol–water partition coefficient (Wildman–Crippen LogP) is 2.85. The van der Waals surface area contributed by atoms with E-state index in [1.807, 2.05) is 0 Å². The molecule has 2 aliphatic rings. The summed E-state index contributed by atoms with van der Waals surface area (Å²) in [6, 6.07) is 11.2. The third kappa shape index (κ3) is 3.62. The van der Waals surface area contributed by atoms with Gasteiger partial charge in [-0.15, -0.1) is 0 Å². The van der Waals surface area contributed by atoms with Crippen LogP contribution in [0.15, 0.2) is 46.9 Å². The van der Waals surface area contributed by atoms with Gasteiger partial charge in [0.05, 0.1) is 31.0 Å². The first-order valence-electron chi connectivity index (χ1n) is 8.94. The molecule has 146 valence electrons. The Kier molecular flexibility index (Phi) is 5.32. The van der Waals surface area contributed by atoms with Gasteiger partial charge in [0.2, 0.25) is 0 Å². The van der Waals surface area contributed by atoms with Crippen molar-refractivity contribution in [1.82, 2.24) is 4.90 Å². The number of hydrogen-bond acceptors (Lipinski definition) is 4. The Morgan fingerprint density at radius 3 is 2.61 bits per heavy atom. The molecular formula is C20H18BrFN2O4. The minimum Gasteiger partial charge on any atom is -0.476 e. The molecule has 2 heterocycles. The summed E-state index contributed by atoms with van der Waals surface area (Å²) in [6.07, 6.45) is -0.851. The maximum atomic E-state index is 14.4. The average molecular weight is 449 g/mol. The monoisotopic (exact) mass is 448 g/mol. The number of nitrogens with zero attached hydrogens (tertiary/aromatic N) is 2. The van der Waals surface area contributed by atoms with Crippen molar-refractivity contribution < 1.29 is 23.5 Å². The van der Waals surface area contributed by atoms with Gasteiger partial charge in [0.1, 0.15) is 11.6 Å². The molecule has 6 nitrogen and oxygen atoms in total. The lowest BCUT2D eigenvalue weighted by Gasteiger charge is -2.37. The maximum Gasteiger partial charge on any atom is 0.265 e. The molecular weight excluding hydrogens is 431 g/mol. The second kappa shape index (κ2) is 7.89. The van der Waals surface area contributed by atoms with Crippen molar-refractivity contribution in [3.05, 3.63) is 58.3 Å². The molecule has 8 heteroatoms. The van der Waals surface area contributed by atoms with Gasteiger partial charge in [0, 0.05) is 17.6 Å². The van der Waals surface area contributed by atoms with E-state index in [1.165, 1.54) is 17.0 Å². The van der Waals surface area contributed by atoms with E-state index < -0.39 is 17.8 Å². The fourth-order valence-electron chi connectivity index (χ4n) is 3.35. The van der Waals surface area contributed by atoms with Crippen molar-refractivity contribution in [1.29, 1.82) is 0 Å². The van der Waals surface area contributed by atoms with Crippen LogP contribution in [-0.4, -0.2) is 55.7 Å². The van der Waals surface area contributed by atoms with Crippen molar-refractivity contribution in [2.24, 2.45) is 0 Å². The van der Waals surface area contributed by atoms with Crippen LogP contribution in [0.1, 0.15) is 10.4 Å². The molecule has 0 spiro atoms. The van der Waals surface area contributed by atoms with Crippen molar-refractivity contribution in [3.8, 4) is 5.75 Å². The number of fused-ring (bicyclic) bond motifs is 1. The molecule has 0 aliphatic carbocycles. The molecule has 1 fully saturated rings. The van der Waals surface area contributed by atoms with Gasteiger partial charge in [0.25, 0.3) is 11.8 Å². The topological polar surface area (TPSA) is 59.1 Å². The molecule has 1 atom stereocenters. The van der Waals surface area contributed by atoms with E-state index in [9.17, 15) is 14.0 Å².